The highest BCUT2D eigenvalue weighted by Crippen LogP contribution is 2.12. The third kappa shape index (κ3) is 7.14. The monoisotopic (exact) mass is 471 g/mol. The van der Waals surface area contributed by atoms with Crippen LogP contribution in [0.2, 0.25) is 0 Å². The number of nitrogens with two attached hydrogens (primary N) is 1. The number of alkyl halides is 2. The molecule has 1 aromatic heterocycles. The maximum atomic E-state index is 12.4. The molecule has 10 heteroatoms. The van der Waals surface area contributed by atoms with Gasteiger partial charge in [-0.1, -0.05) is 0 Å². The lowest BCUT2D eigenvalue weighted by Gasteiger charge is -2.32. The molecule has 1 aliphatic rings. The summed E-state index contributed by atoms with van der Waals surface area (Å²) in [7, 11) is 1.65. The summed E-state index contributed by atoms with van der Waals surface area (Å²) in [6.07, 6.45) is -0.734. The largest absolute Gasteiger partial charge is 0.454 e. The molecule has 0 aliphatic carbocycles. The van der Waals surface area contributed by atoms with Gasteiger partial charge >= 0.3 is 0 Å². The third-order valence-electron chi connectivity index (χ3n) is 3.88. The molecule has 0 saturated carbocycles. The zero-order valence-corrected chi connectivity index (χ0v) is 16.3. The summed E-state index contributed by atoms with van der Waals surface area (Å²) in [6, 6.07) is 3.38. The van der Waals surface area contributed by atoms with Gasteiger partial charge in [0.15, 0.2) is 11.7 Å². The second-order valence-corrected chi connectivity index (χ2v) is 5.67. The molecule has 25 heavy (non-hydrogen) atoms. The van der Waals surface area contributed by atoms with Crippen LogP contribution in [0.25, 0.3) is 0 Å². The molecule has 0 atom stereocenters. The van der Waals surface area contributed by atoms with Gasteiger partial charge in [0.05, 0.1) is 13.1 Å². The van der Waals surface area contributed by atoms with Crippen LogP contribution >= 0.6 is 24.0 Å². The van der Waals surface area contributed by atoms with Gasteiger partial charge in [-0.25, -0.2) is 8.78 Å². The van der Waals surface area contributed by atoms with Crippen LogP contribution in [0.15, 0.2) is 21.5 Å². The van der Waals surface area contributed by atoms with Gasteiger partial charge in [-0.2, -0.15) is 0 Å². The van der Waals surface area contributed by atoms with Crippen LogP contribution in [-0.2, 0) is 6.54 Å². The fraction of sp³-hybridized carbons (Fsp3) is 0.600. The zero-order valence-electron chi connectivity index (χ0n) is 14.0. The molecule has 1 amide bonds. The molecular weight excluding hydrogens is 447 g/mol. The molecule has 0 unspecified atom stereocenters. The molecule has 1 saturated heterocycles. The number of halogens is 3. The Morgan fingerprint density at radius 1 is 1.44 bits per heavy atom. The molecule has 1 fully saturated rings. The Kier molecular flexibility index (Phi) is 9.11. The van der Waals surface area contributed by atoms with Gasteiger partial charge in [-0.05, 0) is 25.0 Å². The first-order valence-corrected chi connectivity index (χ1v) is 7.84. The van der Waals surface area contributed by atoms with Crippen LogP contribution in [0, 0.1) is 0 Å². The standard InChI is InChI=1S/C15H23F2N5O2.HI/c1-19-15(20-8-11-2-3-12(24-11)14(18)23)21-10-4-6-22(7-5-10)9-13(16)17;/h2-3,10,13H,4-9H2,1H3,(H2,18,23)(H2,19,20,21);1H. The maximum Gasteiger partial charge on any atom is 0.284 e. The first-order chi connectivity index (χ1) is 11.5. The summed E-state index contributed by atoms with van der Waals surface area (Å²) in [5, 5.41) is 6.36. The molecule has 1 aliphatic heterocycles. The van der Waals surface area contributed by atoms with E-state index in [9.17, 15) is 13.6 Å². The van der Waals surface area contributed by atoms with Crippen LogP contribution in [0.4, 0.5) is 8.78 Å². The van der Waals surface area contributed by atoms with E-state index in [0.29, 0.717) is 31.4 Å². The molecule has 2 heterocycles. The number of amides is 1. The molecule has 7 nitrogen and oxygen atoms in total. The summed E-state index contributed by atoms with van der Waals surface area (Å²) in [4.78, 5) is 16.9. The summed E-state index contributed by atoms with van der Waals surface area (Å²) in [5.41, 5.74) is 5.13. The Hall–Kier alpha value is -1.43. The van der Waals surface area contributed by atoms with E-state index < -0.39 is 12.3 Å². The van der Waals surface area contributed by atoms with Crippen molar-refractivity contribution in [3.05, 3.63) is 23.7 Å². The molecule has 0 spiro atoms. The number of carbonyl (C=O) groups excluding carboxylic acids is 1. The number of guanidine groups is 1. The first-order valence-electron chi connectivity index (χ1n) is 7.84. The lowest BCUT2D eigenvalue weighted by atomic mass is 10.1. The van der Waals surface area contributed by atoms with Crippen LogP contribution in [0.1, 0.15) is 29.2 Å². The van der Waals surface area contributed by atoms with Crippen molar-refractivity contribution in [1.82, 2.24) is 15.5 Å². The van der Waals surface area contributed by atoms with Crippen molar-refractivity contribution < 1.29 is 18.0 Å². The molecule has 1 aromatic rings. The Morgan fingerprint density at radius 3 is 2.64 bits per heavy atom. The first kappa shape index (κ1) is 21.6. The van der Waals surface area contributed by atoms with Crippen molar-refractivity contribution in [3.63, 3.8) is 0 Å². The van der Waals surface area contributed by atoms with Crippen LogP contribution < -0.4 is 16.4 Å². The molecule has 142 valence electrons. The minimum Gasteiger partial charge on any atom is -0.454 e. The van der Waals surface area contributed by atoms with Crippen molar-refractivity contribution in [1.29, 1.82) is 0 Å². The van der Waals surface area contributed by atoms with Gasteiger partial charge in [0.2, 0.25) is 0 Å². The van der Waals surface area contributed by atoms with Crippen molar-refractivity contribution in [2.45, 2.75) is 31.9 Å². The average molecular weight is 471 g/mol. The number of likely N-dealkylation sites (tertiary alicyclic amines) is 1. The summed E-state index contributed by atoms with van der Waals surface area (Å²) >= 11 is 0. The minimum atomic E-state index is -2.29. The molecular formula is C15H24F2IN5O2. The predicted octanol–water partition coefficient (Wildman–Crippen LogP) is 1.39. The van der Waals surface area contributed by atoms with Crippen LogP contribution in [-0.4, -0.2) is 55.9 Å². The fourth-order valence-electron chi connectivity index (χ4n) is 2.62. The van der Waals surface area contributed by atoms with Gasteiger partial charge in [-0.15, -0.1) is 24.0 Å². The van der Waals surface area contributed by atoms with E-state index in [1.165, 1.54) is 6.07 Å². The highest BCUT2D eigenvalue weighted by molar-refractivity contribution is 14.0. The van der Waals surface area contributed by atoms with Crippen molar-refractivity contribution >= 4 is 35.8 Å². The lowest BCUT2D eigenvalue weighted by Crippen LogP contribution is -2.49. The molecule has 0 radical (unpaired) electrons. The lowest BCUT2D eigenvalue weighted by molar-refractivity contribution is 0.0744. The SMILES string of the molecule is CN=C(NCc1ccc(C(N)=O)o1)NC1CCN(CC(F)F)CC1.I. The number of piperidine rings is 1. The second-order valence-electron chi connectivity index (χ2n) is 5.67. The Morgan fingerprint density at radius 2 is 2.12 bits per heavy atom. The second kappa shape index (κ2) is 10.5. The van der Waals surface area contributed by atoms with Crippen molar-refractivity contribution in [2.24, 2.45) is 10.7 Å². The van der Waals surface area contributed by atoms with Gasteiger partial charge in [0.1, 0.15) is 5.76 Å². The summed E-state index contributed by atoms with van der Waals surface area (Å²) in [5.74, 6) is 0.665. The van der Waals surface area contributed by atoms with E-state index in [1.807, 2.05) is 0 Å². The maximum absolute atomic E-state index is 12.4. The molecule has 2 rings (SSSR count). The Bertz CT molecular complexity index is 574. The molecule has 0 bridgehead atoms. The van der Waals surface area contributed by atoms with E-state index >= 15 is 0 Å². The molecule has 4 N–H and O–H groups in total. The van der Waals surface area contributed by atoms with Gasteiger partial charge < -0.3 is 20.8 Å². The normalized spacial score (nSPS) is 16.6. The van der Waals surface area contributed by atoms with E-state index in [4.69, 9.17) is 10.2 Å². The average Bonchev–Trinajstić information content (AvgIpc) is 3.02. The number of aliphatic imine (C=N–C) groups is 1. The molecule has 0 aromatic carbocycles. The number of hydrogen-bond donors (Lipinski definition) is 3. The zero-order chi connectivity index (χ0) is 17.5. The highest BCUT2D eigenvalue weighted by atomic mass is 127. The highest BCUT2D eigenvalue weighted by Gasteiger charge is 2.22. The van der Waals surface area contributed by atoms with Crippen LogP contribution in [0.5, 0.6) is 0 Å². The number of furan rings is 1. The number of nitrogens with one attached hydrogen (secondary N) is 2. The van der Waals surface area contributed by atoms with Crippen LogP contribution in [0.3, 0.4) is 0 Å². The van der Waals surface area contributed by atoms with Crippen molar-refractivity contribution in [2.75, 3.05) is 26.7 Å². The third-order valence-corrected chi connectivity index (χ3v) is 3.88. The van der Waals surface area contributed by atoms with E-state index in [2.05, 4.69) is 15.6 Å². The Labute approximate surface area is 162 Å². The quantitative estimate of drug-likeness (QED) is 0.331. The number of hydrogen-bond acceptors (Lipinski definition) is 4. The van der Waals surface area contributed by atoms with E-state index in [-0.39, 0.29) is 42.3 Å². The van der Waals surface area contributed by atoms with Gasteiger partial charge in [0.25, 0.3) is 12.3 Å². The smallest absolute Gasteiger partial charge is 0.284 e. The number of carbonyl (C=O) groups is 1. The van der Waals surface area contributed by atoms with Crippen molar-refractivity contribution in [3.8, 4) is 0 Å². The summed E-state index contributed by atoms with van der Waals surface area (Å²) in [6.45, 7) is 1.47. The summed E-state index contributed by atoms with van der Waals surface area (Å²) < 4.78 is 30.0. The fourth-order valence-corrected chi connectivity index (χ4v) is 2.62. The number of primary amides is 1. The number of rotatable bonds is 6. The van der Waals surface area contributed by atoms with E-state index in [1.54, 1.807) is 18.0 Å². The number of nitrogens with zero attached hydrogens (tertiary/aromatic N) is 2. The van der Waals surface area contributed by atoms with Gasteiger partial charge in [-0.3, -0.25) is 14.7 Å². The minimum absolute atomic E-state index is 0. The van der Waals surface area contributed by atoms with E-state index in [0.717, 1.165) is 12.8 Å². The Balaban J connectivity index is 0.00000312. The topological polar surface area (TPSA) is 95.9 Å². The van der Waals surface area contributed by atoms with Gasteiger partial charge in [0, 0.05) is 26.2 Å². The predicted molar refractivity (Wildman–Crippen MR) is 101 cm³/mol.